The van der Waals surface area contributed by atoms with Gasteiger partial charge in [-0.15, -0.1) is 0 Å². The molecule has 8 nitrogen and oxygen atoms in total. The highest BCUT2D eigenvalue weighted by molar-refractivity contribution is 6.30. The first-order valence-electron chi connectivity index (χ1n) is 14.9. The number of likely N-dealkylation sites (N-methyl/N-ethyl adjacent to an activating group) is 1. The van der Waals surface area contributed by atoms with Crippen LogP contribution in [0.2, 0.25) is 5.02 Å². The van der Waals surface area contributed by atoms with Gasteiger partial charge in [0, 0.05) is 38.8 Å². The molecule has 0 unspecified atom stereocenters. The normalized spacial score (nSPS) is 27.9. The number of ether oxygens (including phenoxy) is 2. The Morgan fingerprint density at radius 3 is 2.69 bits per heavy atom. The molecule has 42 heavy (non-hydrogen) atoms. The number of aliphatic carboxylic acids is 1. The molecule has 2 aromatic rings. The lowest BCUT2D eigenvalue weighted by atomic mass is 9.69. The molecule has 2 bridgehead atoms. The van der Waals surface area contributed by atoms with Crippen molar-refractivity contribution in [1.29, 1.82) is 0 Å². The van der Waals surface area contributed by atoms with E-state index in [1.54, 1.807) is 32.4 Å². The number of rotatable bonds is 2. The first-order chi connectivity index (χ1) is 20.2. The van der Waals surface area contributed by atoms with Crippen LogP contribution < -0.4 is 9.64 Å². The molecule has 0 saturated heterocycles. The standard InChI is InChI=1S/C33H41ClN2O6/c1-35-15-5-4-8-29(41-2)27-13-10-23(27)20-36-16-6-3-7-22-17-26(34)12-9-24(22)21-42-30-14-11-25(18-28(30)36)33(40,32(38)39)19-31(35)37/h4-5,9,11-12,14,17-18,23,27,29,40H,3,6-8,10,13,15-16,19-21H2,1-2H3,(H,38,39)/b5-4-/t23-,27+,29-,33-/m0/s1. The summed E-state index contributed by atoms with van der Waals surface area (Å²) in [5.74, 6) is -0.519. The van der Waals surface area contributed by atoms with E-state index in [1.165, 1.54) is 4.90 Å². The smallest absolute Gasteiger partial charge is 0.340 e. The molecule has 1 aliphatic carbocycles. The molecule has 2 N–H and O–H groups in total. The monoisotopic (exact) mass is 596 g/mol. The van der Waals surface area contributed by atoms with Gasteiger partial charge in [0.2, 0.25) is 5.91 Å². The molecule has 0 aromatic heterocycles. The molecular formula is C33H41ClN2O6. The Bertz CT molecular complexity index is 1330. The molecule has 3 aliphatic rings. The van der Waals surface area contributed by atoms with Crippen LogP contribution in [0.4, 0.5) is 5.69 Å². The highest BCUT2D eigenvalue weighted by Crippen LogP contribution is 2.43. The van der Waals surface area contributed by atoms with Crippen LogP contribution in [0.15, 0.2) is 48.6 Å². The molecular weight excluding hydrogens is 556 g/mol. The number of hydrogen-bond donors (Lipinski definition) is 2. The molecule has 2 heterocycles. The van der Waals surface area contributed by atoms with E-state index in [4.69, 9.17) is 21.1 Å². The molecule has 4 atom stereocenters. The number of amides is 1. The van der Waals surface area contributed by atoms with Crippen molar-refractivity contribution in [2.75, 3.05) is 38.7 Å². The van der Waals surface area contributed by atoms with Crippen molar-refractivity contribution in [2.24, 2.45) is 11.8 Å². The summed E-state index contributed by atoms with van der Waals surface area (Å²) < 4.78 is 12.4. The third-order valence-corrected chi connectivity index (χ3v) is 9.50. The third-order valence-electron chi connectivity index (χ3n) is 9.27. The molecule has 226 valence electrons. The number of hydrogen-bond acceptors (Lipinski definition) is 6. The largest absolute Gasteiger partial charge is 0.487 e. The van der Waals surface area contributed by atoms with Crippen LogP contribution in [-0.2, 0) is 33.0 Å². The maximum Gasteiger partial charge on any atom is 0.340 e. The average molecular weight is 597 g/mol. The van der Waals surface area contributed by atoms with Crippen molar-refractivity contribution in [3.05, 3.63) is 70.3 Å². The van der Waals surface area contributed by atoms with Gasteiger partial charge in [-0.05, 0) is 91.3 Å². The topological polar surface area (TPSA) is 99.5 Å². The van der Waals surface area contributed by atoms with Crippen LogP contribution in [0, 0.1) is 11.8 Å². The molecule has 1 fully saturated rings. The molecule has 1 amide bonds. The fourth-order valence-electron chi connectivity index (χ4n) is 6.46. The maximum absolute atomic E-state index is 13.1. The van der Waals surface area contributed by atoms with Crippen molar-refractivity contribution >= 4 is 29.2 Å². The van der Waals surface area contributed by atoms with Gasteiger partial charge in [-0.3, -0.25) is 4.79 Å². The summed E-state index contributed by atoms with van der Waals surface area (Å²) in [5.41, 5.74) is 0.731. The average Bonchev–Trinajstić information content (AvgIpc) is 2.99. The number of halogens is 1. The number of carboxylic acid groups (broad SMARTS) is 1. The van der Waals surface area contributed by atoms with Gasteiger partial charge in [0.25, 0.3) is 0 Å². The number of methoxy groups -OCH3 is 1. The van der Waals surface area contributed by atoms with E-state index in [-0.39, 0.29) is 11.7 Å². The zero-order chi connectivity index (χ0) is 29.9. The first-order valence-corrected chi connectivity index (χ1v) is 15.2. The summed E-state index contributed by atoms with van der Waals surface area (Å²) in [6.07, 6.45) is 9.11. The van der Waals surface area contributed by atoms with Crippen LogP contribution >= 0.6 is 11.6 Å². The van der Waals surface area contributed by atoms with E-state index in [0.717, 1.165) is 68.4 Å². The number of carboxylic acids is 1. The van der Waals surface area contributed by atoms with E-state index >= 15 is 0 Å². The van der Waals surface area contributed by atoms with Gasteiger partial charge < -0.3 is 29.5 Å². The predicted octanol–water partition coefficient (Wildman–Crippen LogP) is 5.18. The highest BCUT2D eigenvalue weighted by atomic mass is 35.5. The molecule has 2 aliphatic heterocycles. The summed E-state index contributed by atoms with van der Waals surface area (Å²) in [5, 5.41) is 22.4. The van der Waals surface area contributed by atoms with E-state index in [2.05, 4.69) is 4.90 Å². The van der Waals surface area contributed by atoms with Crippen molar-refractivity contribution in [2.45, 2.75) is 63.3 Å². The van der Waals surface area contributed by atoms with Gasteiger partial charge in [-0.1, -0.05) is 35.9 Å². The second kappa shape index (κ2) is 13.1. The number of aliphatic hydroxyl groups is 1. The summed E-state index contributed by atoms with van der Waals surface area (Å²) in [6.45, 7) is 2.16. The molecule has 0 radical (unpaired) electrons. The second-order valence-electron chi connectivity index (χ2n) is 11.9. The molecule has 2 aromatic carbocycles. The minimum absolute atomic E-state index is 0.0799. The Morgan fingerprint density at radius 1 is 1.12 bits per heavy atom. The van der Waals surface area contributed by atoms with Gasteiger partial charge in [-0.2, -0.15) is 0 Å². The predicted molar refractivity (Wildman–Crippen MR) is 162 cm³/mol. The fourth-order valence-corrected chi connectivity index (χ4v) is 6.65. The van der Waals surface area contributed by atoms with Gasteiger partial charge >= 0.3 is 5.97 Å². The molecule has 5 rings (SSSR count). The van der Waals surface area contributed by atoms with Gasteiger partial charge in [0.05, 0.1) is 18.2 Å². The Labute approximate surface area is 252 Å². The molecule has 9 heteroatoms. The number of nitrogens with zero attached hydrogens (tertiary/aromatic N) is 2. The third kappa shape index (κ3) is 6.46. The lowest BCUT2D eigenvalue weighted by Crippen LogP contribution is -2.45. The molecule has 1 saturated carbocycles. The summed E-state index contributed by atoms with van der Waals surface area (Å²) in [7, 11) is 3.38. The van der Waals surface area contributed by atoms with Gasteiger partial charge in [-0.25, -0.2) is 4.79 Å². The Morgan fingerprint density at radius 2 is 1.95 bits per heavy atom. The lowest BCUT2D eigenvalue weighted by Gasteiger charge is -2.44. The number of carbonyl (C=O) groups excluding carboxylic acids is 1. The summed E-state index contributed by atoms with van der Waals surface area (Å²) >= 11 is 6.32. The van der Waals surface area contributed by atoms with Gasteiger partial charge in [0.1, 0.15) is 12.4 Å². The second-order valence-corrected chi connectivity index (χ2v) is 12.3. The highest BCUT2D eigenvalue weighted by Gasteiger charge is 2.43. The number of anilines is 1. The van der Waals surface area contributed by atoms with E-state index in [9.17, 15) is 19.8 Å². The van der Waals surface area contributed by atoms with Crippen molar-refractivity contribution in [1.82, 2.24) is 4.90 Å². The SMILES string of the molecule is CO[C@H]1C/C=C\CN(C)C(=O)C[C@@](O)(C(=O)O)c2ccc3c(c2)N(CCCCc2cc(Cl)ccc2CO3)C[C@@H]2CC[C@H]21. The van der Waals surface area contributed by atoms with Crippen LogP contribution in [-0.4, -0.2) is 66.9 Å². The Balaban J connectivity index is 1.58. The number of aryl methyl sites for hydroxylation is 1. The number of carbonyl (C=O) groups is 2. The zero-order valence-electron chi connectivity index (χ0n) is 24.4. The van der Waals surface area contributed by atoms with E-state index in [1.807, 2.05) is 30.4 Å². The minimum atomic E-state index is -2.39. The quantitative estimate of drug-likeness (QED) is 0.461. The maximum atomic E-state index is 13.1. The van der Waals surface area contributed by atoms with Crippen molar-refractivity contribution in [3.8, 4) is 5.75 Å². The Hall–Kier alpha value is -3.07. The minimum Gasteiger partial charge on any atom is -0.487 e. The number of fused-ring (bicyclic) bond motifs is 3. The van der Waals surface area contributed by atoms with E-state index < -0.39 is 23.9 Å². The Kier molecular flexibility index (Phi) is 9.45. The lowest BCUT2D eigenvalue weighted by molar-refractivity contribution is -0.164. The zero-order valence-corrected chi connectivity index (χ0v) is 25.2. The summed E-state index contributed by atoms with van der Waals surface area (Å²) in [4.78, 5) is 29.4. The van der Waals surface area contributed by atoms with Crippen LogP contribution in [0.3, 0.4) is 0 Å². The van der Waals surface area contributed by atoms with E-state index in [0.29, 0.717) is 35.8 Å². The first kappa shape index (κ1) is 30.4. The summed E-state index contributed by atoms with van der Waals surface area (Å²) in [6, 6.07) is 10.9. The number of benzene rings is 2. The molecule has 0 spiro atoms. The van der Waals surface area contributed by atoms with Crippen LogP contribution in [0.25, 0.3) is 0 Å². The fraction of sp³-hybridized carbons (Fsp3) is 0.515. The van der Waals surface area contributed by atoms with Crippen molar-refractivity contribution < 1.29 is 29.3 Å². The van der Waals surface area contributed by atoms with Crippen LogP contribution in [0.1, 0.15) is 55.2 Å². The van der Waals surface area contributed by atoms with Crippen LogP contribution in [0.5, 0.6) is 5.75 Å². The van der Waals surface area contributed by atoms with Crippen molar-refractivity contribution in [3.63, 3.8) is 0 Å². The van der Waals surface area contributed by atoms with Gasteiger partial charge in [0.15, 0.2) is 5.60 Å².